The normalized spacial score (nSPS) is 13.8. The molecule has 0 bridgehead atoms. The number of hydrogen-bond donors (Lipinski definition) is 1. The molecule has 12 heavy (non-hydrogen) atoms. The Morgan fingerprint density at radius 3 is 3.08 bits per heavy atom. The van der Waals surface area contributed by atoms with Gasteiger partial charge in [-0.15, -0.1) is 5.10 Å². The predicted octanol–water partition coefficient (Wildman–Crippen LogP) is 0.190. The lowest BCUT2D eigenvalue weighted by Gasteiger charge is -1.89. The van der Waals surface area contributed by atoms with E-state index in [1.165, 1.54) is 6.20 Å². The molecule has 0 atom stereocenters. The zero-order valence-corrected chi connectivity index (χ0v) is 6.06. The fourth-order valence-corrected chi connectivity index (χ4v) is 1.05. The Morgan fingerprint density at radius 1 is 1.58 bits per heavy atom. The SMILES string of the molecule is O=C(O)C1=Nc2nnccc2C1. The van der Waals surface area contributed by atoms with Gasteiger partial charge in [0.25, 0.3) is 0 Å². The molecule has 60 valence electrons. The lowest BCUT2D eigenvalue weighted by molar-refractivity contribution is -0.129. The van der Waals surface area contributed by atoms with Crippen molar-refractivity contribution >= 4 is 17.5 Å². The molecule has 1 aromatic rings. The number of carboxylic acids is 1. The van der Waals surface area contributed by atoms with E-state index in [9.17, 15) is 4.79 Å². The van der Waals surface area contributed by atoms with Gasteiger partial charge < -0.3 is 5.11 Å². The number of fused-ring (bicyclic) bond motifs is 1. The maximum Gasteiger partial charge on any atom is 0.350 e. The molecule has 0 saturated carbocycles. The number of rotatable bonds is 1. The average Bonchev–Trinajstić information content (AvgIpc) is 2.46. The van der Waals surface area contributed by atoms with Crippen LogP contribution in [0.5, 0.6) is 0 Å². The van der Waals surface area contributed by atoms with E-state index in [2.05, 4.69) is 15.2 Å². The number of aliphatic carboxylic acids is 1. The molecule has 0 aliphatic carbocycles. The molecule has 5 heteroatoms. The number of carboxylic acid groups (broad SMARTS) is 1. The molecule has 0 fully saturated rings. The Hall–Kier alpha value is -1.78. The van der Waals surface area contributed by atoms with Crippen LogP contribution in [0.15, 0.2) is 17.3 Å². The molecule has 0 spiro atoms. The highest BCUT2D eigenvalue weighted by molar-refractivity contribution is 6.37. The third kappa shape index (κ3) is 0.952. The number of hydrogen-bond acceptors (Lipinski definition) is 4. The van der Waals surface area contributed by atoms with Gasteiger partial charge in [-0.25, -0.2) is 9.79 Å². The quantitative estimate of drug-likeness (QED) is 0.641. The van der Waals surface area contributed by atoms with Crippen molar-refractivity contribution in [2.45, 2.75) is 6.42 Å². The summed E-state index contributed by atoms with van der Waals surface area (Å²) in [5.74, 6) is -0.567. The van der Waals surface area contributed by atoms with Crippen molar-refractivity contribution in [3.05, 3.63) is 17.8 Å². The first-order chi connectivity index (χ1) is 5.77. The standard InChI is InChI=1S/C7H5N3O2/c11-7(12)5-3-4-1-2-8-10-6(4)9-5/h1-2H,3H2,(H,11,12). The van der Waals surface area contributed by atoms with E-state index >= 15 is 0 Å². The first-order valence-electron chi connectivity index (χ1n) is 3.39. The summed E-state index contributed by atoms with van der Waals surface area (Å²) in [6.45, 7) is 0. The van der Waals surface area contributed by atoms with Crippen LogP contribution in [0, 0.1) is 0 Å². The van der Waals surface area contributed by atoms with Crippen LogP contribution < -0.4 is 0 Å². The average molecular weight is 163 g/mol. The highest BCUT2D eigenvalue weighted by Crippen LogP contribution is 2.21. The number of nitrogens with zero attached hydrogens (tertiary/aromatic N) is 3. The molecule has 1 aliphatic heterocycles. The van der Waals surface area contributed by atoms with Gasteiger partial charge in [-0.05, 0) is 6.07 Å². The zero-order chi connectivity index (χ0) is 8.55. The maximum atomic E-state index is 10.5. The van der Waals surface area contributed by atoms with Crippen molar-refractivity contribution in [1.82, 2.24) is 10.2 Å². The van der Waals surface area contributed by atoms with Gasteiger partial charge in [0.1, 0.15) is 5.71 Å². The molecule has 5 nitrogen and oxygen atoms in total. The molecule has 2 rings (SSSR count). The third-order valence-corrected chi connectivity index (χ3v) is 1.63. The molecule has 0 amide bonds. The van der Waals surface area contributed by atoms with Crippen LogP contribution in [0.1, 0.15) is 5.56 Å². The highest BCUT2D eigenvalue weighted by Gasteiger charge is 2.20. The topological polar surface area (TPSA) is 75.4 Å². The summed E-state index contributed by atoms with van der Waals surface area (Å²) in [7, 11) is 0. The van der Waals surface area contributed by atoms with Crippen LogP contribution in [-0.4, -0.2) is 27.0 Å². The van der Waals surface area contributed by atoms with E-state index in [4.69, 9.17) is 5.11 Å². The second-order valence-corrected chi connectivity index (χ2v) is 2.42. The molecule has 1 N–H and O–H groups in total. The Morgan fingerprint density at radius 2 is 2.42 bits per heavy atom. The number of carbonyl (C=O) groups is 1. The maximum absolute atomic E-state index is 10.5. The van der Waals surface area contributed by atoms with Gasteiger partial charge in [-0.2, -0.15) is 5.10 Å². The predicted molar refractivity (Wildman–Crippen MR) is 40.5 cm³/mol. The Bertz CT molecular complexity index is 373. The van der Waals surface area contributed by atoms with Crippen LogP contribution >= 0.6 is 0 Å². The largest absolute Gasteiger partial charge is 0.477 e. The summed E-state index contributed by atoms with van der Waals surface area (Å²) >= 11 is 0. The van der Waals surface area contributed by atoms with E-state index in [1.54, 1.807) is 6.07 Å². The summed E-state index contributed by atoms with van der Waals surface area (Å²) in [5.41, 5.74) is 0.952. The zero-order valence-electron chi connectivity index (χ0n) is 6.06. The molecule has 0 radical (unpaired) electrons. The summed E-state index contributed by atoms with van der Waals surface area (Å²) in [6, 6.07) is 1.72. The fourth-order valence-electron chi connectivity index (χ4n) is 1.05. The summed E-state index contributed by atoms with van der Waals surface area (Å²) in [6.07, 6.45) is 1.87. The van der Waals surface area contributed by atoms with E-state index in [1.807, 2.05) is 0 Å². The van der Waals surface area contributed by atoms with E-state index < -0.39 is 5.97 Å². The van der Waals surface area contributed by atoms with Gasteiger partial charge in [0, 0.05) is 12.0 Å². The van der Waals surface area contributed by atoms with Crippen molar-refractivity contribution in [2.24, 2.45) is 4.99 Å². The monoisotopic (exact) mass is 163 g/mol. The van der Waals surface area contributed by atoms with Crippen molar-refractivity contribution in [3.8, 4) is 0 Å². The van der Waals surface area contributed by atoms with Crippen LogP contribution in [0.25, 0.3) is 0 Å². The van der Waals surface area contributed by atoms with Gasteiger partial charge >= 0.3 is 5.97 Å². The Labute approximate surface area is 67.8 Å². The molecular weight excluding hydrogens is 158 g/mol. The molecule has 1 aliphatic rings. The lowest BCUT2D eigenvalue weighted by atomic mass is 10.2. The van der Waals surface area contributed by atoms with Crippen molar-refractivity contribution in [2.75, 3.05) is 0 Å². The fraction of sp³-hybridized carbons (Fsp3) is 0.143. The minimum Gasteiger partial charge on any atom is -0.477 e. The van der Waals surface area contributed by atoms with Gasteiger partial charge in [0.15, 0.2) is 5.82 Å². The van der Waals surface area contributed by atoms with Crippen molar-refractivity contribution in [3.63, 3.8) is 0 Å². The summed E-state index contributed by atoms with van der Waals surface area (Å²) < 4.78 is 0. The molecule has 2 heterocycles. The molecular formula is C7H5N3O2. The molecule has 0 saturated heterocycles. The lowest BCUT2D eigenvalue weighted by Crippen LogP contribution is -2.11. The minimum atomic E-state index is -0.993. The Kier molecular flexibility index (Phi) is 1.36. The first kappa shape index (κ1) is 6.90. The van der Waals surface area contributed by atoms with Gasteiger partial charge in [-0.1, -0.05) is 0 Å². The minimum absolute atomic E-state index is 0.130. The van der Waals surface area contributed by atoms with E-state index in [-0.39, 0.29) is 5.71 Å². The van der Waals surface area contributed by atoms with E-state index in [0.717, 1.165) is 5.56 Å². The van der Waals surface area contributed by atoms with Crippen LogP contribution in [0.4, 0.5) is 5.82 Å². The summed E-state index contributed by atoms with van der Waals surface area (Å²) in [5, 5.41) is 15.9. The molecule has 1 aromatic heterocycles. The molecule has 0 unspecified atom stereocenters. The van der Waals surface area contributed by atoms with Gasteiger partial charge in [0.2, 0.25) is 0 Å². The second kappa shape index (κ2) is 2.37. The van der Waals surface area contributed by atoms with Crippen molar-refractivity contribution in [1.29, 1.82) is 0 Å². The van der Waals surface area contributed by atoms with Crippen LogP contribution in [-0.2, 0) is 11.2 Å². The third-order valence-electron chi connectivity index (χ3n) is 1.63. The van der Waals surface area contributed by atoms with Gasteiger partial charge in [-0.3, -0.25) is 0 Å². The molecule has 0 aromatic carbocycles. The van der Waals surface area contributed by atoms with Crippen LogP contribution in [0.3, 0.4) is 0 Å². The highest BCUT2D eigenvalue weighted by atomic mass is 16.4. The summed E-state index contributed by atoms with van der Waals surface area (Å²) in [4.78, 5) is 14.3. The Balaban J connectivity index is 2.41. The van der Waals surface area contributed by atoms with Crippen LogP contribution in [0.2, 0.25) is 0 Å². The second-order valence-electron chi connectivity index (χ2n) is 2.42. The number of aliphatic imine (C=N–C) groups is 1. The van der Waals surface area contributed by atoms with Gasteiger partial charge in [0.05, 0.1) is 6.20 Å². The van der Waals surface area contributed by atoms with E-state index in [0.29, 0.717) is 12.2 Å². The smallest absolute Gasteiger partial charge is 0.350 e. The first-order valence-corrected chi connectivity index (χ1v) is 3.39. The number of aromatic nitrogens is 2. The van der Waals surface area contributed by atoms with Crippen molar-refractivity contribution < 1.29 is 9.90 Å².